The van der Waals surface area contributed by atoms with Crippen LogP contribution in [-0.4, -0.2) is 27.3 Å². The summed E-state index contributed by atoms with van der Waals surface area (Å²) in [7, 11) is 0. The number of nitrogens with one attached hydrogen (secondary N) is 1. The molecule has 0 saturated heterocycles. The van der Waals surface area contributed by atoms with E-state index in [1.807, 2.05) is 31.2 Å². The normalized spacial score (nSPS) is 13.3. The number of H-pyrrole nitrogens is 1. The minimum absolute atomic E-state index is 0.196. The van der Waals surface area contributed by atoms with Crippen LogP contribution in [-0.2, 0) is 13.0 Å². The Morgan fingerprint density at radius 3 is 2.52 bits per heavy atom. The van der Waals surface area contributed by atoms with Crippen LogP contribution >= 0.6 is 0 Å². The third-order valence-electron chi connectivity index (χ3n) is 4.77. The number of halogens is 1. The predicted molar refractivity (Wildman–Crippen MR) is 99.9 cm³/mol. The molecular formula is C21H18FN3O2. The van der Waals surface area contributed by atoms with Crippen LogP contribution in [0.15, 0.2) is 53.3 Å². The van der Waals surface area contributed by atoms with E-state index in [-0.39, 0.29) is 23.8 Å². The molecule has 0 aliphatic carbocycles. The van der Waals surface area contributed by atoms with E-state index in [0.717, 1.165) is 16.8 Å². The minimum Gasteiger partial charge on any atom is -0.334 e. The van der Waals surface area contributed by atoms with E-state index < -0.39 is 0 Å². The van der Waals surface area contributed by atoms with Gasteiger partial charge in [0.1, 0.15) is 11.6 Å². The molecule has 0 spiro atoms. The molecule has 5 nitrogen and oxygen atoms in total. The van der Waals surface area contributed by atoms with E-state index in [2.05, 4.69) is 9.97 Å². The number of carbonyl (C=O) groups is 1. The maximum atomic E-state index is 13.1. The molecule has 2 heterocycles. The summed E-state index contributed by atoms with van der Waals surface area (Å²) in [5, 5.41) is 0. The van der Waals surface area contributed by atoms with Crippen LogP contribution < -0.4 is 5.56 Å². The average Bonchev–Trinajstić information content (AvgIpc) is 2.68. The maximum absolute atomic E-state index is 13.1. The smallest absolute Gasteiger partial charge is 0.256 e. The van der Waals surface area contributed by atoms with Crippen molar-refractivity contribution in [2.24, 2.45) is 0 Å². The van der Waals surface area contributed by atoms with Gasteiger partial charge in [-0.2, -0.15) is 0 Å². The number of aryl methyl sites for hydroxylation is 1. The fourth-order valence-corrected chi connectivity index (χ4v) is 3.22. The Labute approximate surface area is 155 Å². The first-order valence-electron chi connectivity index (χ1n) is 8.75. The Bertz CT molecular complexity index is 1060. The van der Waals surface area contributed by atoms with Crippen molar-refractivity contribution in [2.75, 3.05) is 6.54 Å². The number of fused-ring (bicyclic) bond motifs is 1. The number of hydrogen-bond donors (Lipinski definition) is 1. The Morgan fingerprint density at radius 2 is 1.81 bits per heavy atom. The zero-order valence-corrected chi connectivity index (χ0v) is 14.8. The van der Waals surface area contributed by atoms with Gasteiger partial charge in [-0.05, 0) is 31.2 Å². The Kier molecular flexibility index (Phi) is 4.32. The molecule has 1 aliphatic heterocycles. The summed E-state index contributed by atoms with van der Waals surface area (Å²) >= 11 is 0. The number of rotatable bonds is 2. The van der Waals surface area contributed by atoms with Gasteiger partial charge in [0, 0.05) is 24.1 Å². The highest BCUT2D eigenvalue weighted by molar-refractivity contribution is 5.94. The number of nitrogens with zero attached hydrogens (tertiary/aromatic N) is 2. The summed E-state index contributed by atoms with van der Waals surface area (Å²) in [5.74, 6) is -0.0699. The van der Waals surface area contributed by atoms with E-state index in [4.69, 9.17) is 0 Å². The van der Waals surface area contributed by atoms with E-state index in [9.17, 15) is 14.0 Å². The van der Waals surface area contributed by atoms with Crippen LogP contribution in [0, 0.1) is 12.7 Å². The van der Waals surface area contributed by atoms with E-state index in [0.29, 0.717) is 29.9 Å². The highest BCUT2D eigenvalue weighted by Crippen LogP contribution is 2.20. The molecular weight excluding hydrogens is 345 g/mol. The summed E-state index contributed by atoms with van der Waals surface area (Å²) in [6.07, 6.45) is 0.505. The average molecular weight is 363 g/mol. The molecule has 1 amide bonds. The van der Waals surface area contributed by atoms with Gasteiger partial charge in [-0.3, -0.25) is 9.59 Å². The second-order valence-electron chi connectivity index (χ2n) is 6.69. The molecule has 0 atom stereocenters. The van der Waals surface area contributed by atoms with Gasteiger partial charge in [0.25, 0.3) is 11.5 Å². The summed E-state index contributed by atoms with van der Waals surface area (Å²) in [4.78, 5) is 34.2. The van der Waals surface area contributed by atoms with E-state index in [1.165, 1.54) is 24.3 Å². The quantitative estimate of drug-likeness (QED) is 0.761. The second kappa shape index (κ2) is 6.79. The molecule has 1 N–H and O–H groups in total. The van der Waals surface area contributed by atoms with E-state index in [1.54, 1.807) is 4.90 Å². The standard InChI is InChI=1S/C21H18FN3O2/c1-13-2-4-14(5-3-13)19-23-18-10-11-25(12-17(18)20(26)24-19)21(27)15-6-8-16(22)9-7-15/h2-9H,10-12H2,1H3,(H,23,24,26). The first kappa shape index (κ1) is 17.1. The third kappa shape index (κ3) is 3.38. The molecule has 4 rings (SSSR count). The molecule has 0 saturated carbocycles. The van der Waals surface area contributed by atoms with Gasteiger partial charge in [0.05, 0.1) is 17.8 Å². The fourth-order valence-electron chi connectivity index (χ4n) is 3.22. The second-order valence-corrected chi connectivity index (χ2v) is 6.69. The zero-order valence-electron chi connectivity index (χ0n) is 14.8. The number of benzene rings is 2. The lowest BCUT2D eigenvalue weighted by Crippen LogP contribution is -2.39. The van der Waals surface area contributed by atoms with Crippen molar-refractivity contribution in [3.63, 3.8) is 0 Å². The highest BCUT2D eigenvalue weighted by atomic mass is 19.1. The molecule has 2 aromatic carbocycles. The highest BCUT2D eigenvalue weighted by Gasteiger charge is 2.25. The van der Waals surface area contributed by atoms with Crippen LogP contribution in [0.5, 0.6) is 0 Å². The molecule has 6 heteroatoms. The van der Waals surface area contributed by atoms with Gasteiger partial charge < -0.3 is 9.88 Å². The molecule has 0 fully saturated rings. The third-order valence-corrected chi connectivity index (χ3v) is 4.77. The van der Waals surface area contributed by atoms with Crippen LogP contribution in [0.25, 0.3) is 11.4 Å². The molecule has 1 aromatic heterocycles. The lowest BCUT2D eigenvalue weighted by Gasteiger charge is -2.28. The summed E-state index contributed by atoms with van der Waals surface area (Å²) < 4.78 is 13.1. The summed E-state index contributed by atoms with van der Waals surface area (Å²) in [6.45, 7) is 2.66. The number of aromatic nitrogens is 2. The molecule has 0 radical (unpaired) electrons. The minimum atomic E-state index is -0.389. The zero-order chi connectivity index (χ0) is 19.0. The fraction of sp³-hybridized carbons (Fsp3) is 0.190. The van der Waals surface area contributed by atoms with E-state index >= 15 is 0 Å². The molecule has 1 aliphatic rings. The first-order valence-corrected chi connectivity index (χ1v) is 8.75. The number of aromatic amines is 1. The van der Waals surface area contributed by atoms with Gasteiger partial charge in [-0.1, -0.05) is 29.8 Å². The lowest BCUT2D eigenvalue weighted by molar-refractivity contribution is 0.0732. The van der Waals surface area contributed by atoms with Gasteiger partial charge in [0.15, 0.2) is 0 Å². The van der Waals surface area contributed by atoms with Gasteiger partial charge >= 0.3 is 0 Å². The van der Waals surface area contributed by atoms with Crippen molar-refractivity contribution in [1.82, 2.24) is 14.9 Å². The molecule has 3 aromatic rings. The first-order chi connectivity index (χ1) is 13.0. The van der Waals surface area contributed by atoms with Gasteiger partial charge in [-0.25, -0.2) is 9.37 Å². The topological polar surface area (TPSA) is 66.1 Å². The number of hydrogen-bond acceptors (Lipinski definition) is 3. The van der Waals surface area contributed by atoms with Gasteiger partial charge in [0.2, 0.25) is 0 Å². The molecule has 136 valence electrons. The Balaban J connectivity index is 1.61. The van der Waals surface area contributed by atoms with Crippen LogP contribution in [0.3, 0.4) is 0 Å². The maximum Gasteiger partial charge on any atom is 0.256 e. The summed E-state index contributed by atoms with van der Waals surface area (Å²) in [5.41, 5.74) is 3.39. The van der Waals surface area contributed by atoms with Crippen LogP contribution in [0.2, 0.25) is 0 Å². The van der Waals surface area contributed by atoms with Crippen molar-refractivity contribution in [3.05, 3.63) is 87.1 Å². The molecule has 0 unspecified atom stereocenters. The Morgan fingerprint density at radius 1 is 1.11 bits per heavy atom. The molecule has 0 bridgehead atoms. The number of amides is 1. The predicted octanol–water partition coefficient (Wildman–Crippen LogP) is 3.08. The van der Waals surface area contributed by atoms with Crippen molar-refractivity contribution < 1.29 is 9.18 Å². The van der Waals surface area contributed by atoms with Crippen molar-refractivity contribution in [1.29, 1.82) is 0 Å². The van der Waals surface area contributed by atoms with Crippen molar-refractivity contribution in [3.8, 4) is 11.4 Å². The monoisotopic (exact) mass is 363 g/mol. The SMILES string of the molecule is Cc1ccc(-c2nc3c(c(=O)[nH]2)CN(C(=O)c2ccc(F)cc2)CC3)cc1. The van der Waals surface area contributed by atoms with Crippen molar-refractivity contribution >= 4 is 5.91 Å². The largest absolute Gasteiger partial charge is 0.334 e. The summed E-state index contributed by atoms with van der Waals surface area (Å²) in [6, 6.07) is 13.2. The van der Waals surface area contributed by atoms with Gasteiger partial charge in [-0.15, -0.1) is 0 Å². The van der Waals surface area contributed by atoms with Crippen molar-refractivity contribution in [2.45, 2.75) is 19.9 Å². The molecule has 27 heavy (non-hydrogen) atoms. The number of carbonyl (C=O) groups excluding carboxylic acids is 1. The van der Waals surface area contributed by atoms with Crippen LogP contribution in [0.4, 0.5) is 4.39 Å². The lowest BCUT2D eigenvalue weighted by atomic mass is 10.0. The van der Waals surface area contributed by atoms with Crippen LogP contribution in [0.1, 0.15) is 27.2 Å². The Hall–Kier alpha value is -3.28.